The molecule has 0 fully saturated rings. The third-order valence-electron chi connectivity index (χ3n) is 5.49. The number of carbonyl (C=O) groups excluding carboxylic acids is 1. The number of benzene rings is 3. The Labute approximate surface area is 190 Å². The van der Waals surface area contributed by atoms with Crippen LogP contribution in [0.2, 0.25) is 5.02 Å². The van der Waals surface area contributed by atoms with Crippen LogP contribution in [0.25, 0.3) is 10.9 Å². The quantitative estimate of drug-likeness (QED) is 0.467. The Bertz CT molecular complexity index is 1470. The molecule has 3 aromatic carbocycles. The minimum Gasteiger partial charge on any atom is -0.320 e. The average Bonchev–Trinajstić information content (AvgIpc) is 3.24. The second kappa shape index (κ2) is 7.93. The minimum atomic E-state index is -3.94. The van der Waals surface area contributed by atoms with Crippen LogP contribution in [0.1, 0.15) is 15.9 Å². The summed E-state index contributed by atoms with van der Waals surface area (Å²) >= 11 is 6.28. The van der Waals surface area contributed by atoms with Crippen molar-refractivity contribution in [3.63, 3.8) is 0 Å². The molecule has 1 amide bonds. The molecule has 1 N–H and O–H groups in total. The topological polar surface area (TPSA) is 79.4 Å². The summed E-state index contributed by atoms with van der Waals surface area (Å²) in [5.41, 5.74) is 2.98. The van der Waals surface area contributed by atoms with E-state index >= 15 is 0 Å². The molecule has 0 aliphatic carbocycles. The number of rotatable bonds is 4. The molecule has 0 saturated carbocycles. The van der Waals surface area contributed by atoms with Gasteiger partial charge in [0, 0.05) is 23.7 Å². The average molecular weight is 464 g/mol. The van der Waals surface area contributed by atoms with Crippen LogP contribution >= 0.6 is 11.6 Å². The van der Waals surface area contributed by atoms with Crippen molar-refractivity contribution in [2.24, 2.45) is 0 Å². The molecule has 6 nitrogen and oxygen atoms in total. The number of sulfonamides is 1. The Morgan fingerprint density at radius 2 is 1.81 bits per heavy atom. The van der Waals surface area contributed by atoms with Gasteiger partial charge in [0.1, 0.15) is 4.90 Å². The Morgan fingerprint density at radius 3 is 2.69 bits per heavy atom. The normalized spacial score (nSPS) is 13.2. The zero-order valence-electron chi connectivity index (χ0n) is 16.8. The number of hydrogen-bond donors (Lipinski definition) is 1. The highest BCUT2D eigenvalue weighted by Gasteiger charge is 2.32. The highest BCUT2D eigenvalue weighted by Crippen LogP contribution is 2.35. The van der Waals surface area contributed by atoms with Gasteiger partial charge in [-0.15, -0.1) is 0 Å². The van der Waals surface area contributed by atoms with Gasteiger partial charge < -0.3 is 5.32 Å². The van der Waals surface area contributed by atoms with Gasteiger partial charge in [-0.1, -0.05) is 48.0 Å². The van der Waals surface area contributed by atoms with Crippen LogP contribution in [0, 0.1) is 0 Å². The Hall–Kier alpha value is -3.42. The lowest BCUT2D eigenvalue weighted by Gasteiger charge is -2.20. The number of para-hydroxylation sites is 2. The van der Waals surface area contributed by atoms with Crippen molar-refractivity contribution in [1.29, 1.82) is 0 Å². The summed E-state index contributed by atoms with van der Waals surface area (Å²) in [6.45, 7) is 0.329. The van der Waals surface area contributed by atoms with Gasteiger partial charge >= 0.3 is 0 Å². The number of nitrogens with one attached hydrogen (secondary N) is 1. The molecule has 0 saturated heterocycles. The number of carbonyl (C=O) groups is 1. The summed E-state index contributed by atoms with van der Waals surface area (Å²) in [6, 6.07) is 20.8. The number of fused-ring (bicyclic) bond motifs is 2. The number of nitrogens with zero attached hydrogens (tertiary/aromatic N) is 2. The van der Waals surface area contributed by atoms with Crippen LogP contribution in [0.5, 0.6) is 0 Å². The van der Waals surface area contributed by atoms with Crippen LogP contribution in [0.15, 0.2) is 83.9 Å². The van der Waals surface area contributed by atoms with Crippen LogP contribution in [0.3, 0.4) is 0 Å². The van der Waals surface area contributed by atoms with Crippen molar-refractivity contribution in [3.8, 4) is 0 Å². The standard InChI is InChI=1S/C24H18ClN3O3S/c25-19-11-10-18(24(29)27-20-8-3-6-17-7-4-13-26-23(17)20)15-22(19)32(30,31)28-14-12-16-5-1-2-9-21(16)28/h1-11,13,15H,12,14H2,(H,27,29). The number of halogens is 1. The van der Waals surface area contributed by atoms with Crippen molar-refractivity contribution < 1.29 is 13.2 Å². The molecule has 4 aromatic rings. The minimum absolute atomic E-state index is 0.0674. The zero-order chi connectivity index (χ0) is 22.3. The first-order valence-electron chi connectivity index (χ1n) is 10.0. The highest BCUT2D eigenvalue weighted by atomic mass is 35.5. The molecule has 0 spiro atoms. The molecule has 160 valence electrons. The molecule has 0 radical (unpaired) electrons. The van der Waals surface area contributed by atoms with E-state index in [1.807, 2.05) is 36.4 Å². The van der Waals surface area contributed by atoms with E-state index in [-0.39, 0.29) is 15.5 Å². The third-order valence-corrected chi connectivity index (χ3v) is 7.78. The summed E-state index contributed by atoms with van der Waals surface area (Å²) in [5, 5.41) is 3.79. The van der Waals surface area contributed by atoms with Gasteiger partial charge in [0.05, 0.1) is 21.9 Å². The van der Waals surface area contributed by atoms with Crippen molar-refractivity contribution in [2.45, 2.75) is 11.3 Å². The molecule has 1 aliphatic heterocycles. The molecule has 0 unspecified atom stereocenters. The van der Waals surface area contributed by atoms with Crippen LogP contribution in [-0.2, 0) is 16.4 Å². The first-order valence-corrected chi connectivity index (χ1v) is 11.8. The Morgan fingerprint density at radius 1 is 1.00 bits per heavy atom. The molecule has 0 atom stereocenters. The van der Waals surface area contributed by atoms with E-state index in [1.54, 1.807) is 24.4 Å². The van der Waals surface area contributed by atoms with Gasteiger partial charge in [-0.25, -0.2) is 8.42 Å². The van der Waals surface area contributed by atoms with Gasteiger partial charge in [-0.05, 0) is 48.4 Å². The van der Waals surface area contributed by atoms with Gasteiger partial charge in [-0.2, -0.15) is 0 Å². The van der Waals surface area contributed by atoms with Gasteiger partial charge in [0.2, 0.25) is 0 Å². The number of anilines is 2. The fourth-order valence-electron chi connectivity index (χ4n) is 3.92. The maximum absolute atomic E-state index is 13.4. The second-order valence-corrected chi connectivity index (χ2v) is 9.67. The van der Waals surface area contributed by atoms with E-state index in [9.17, 15) is 13.2 Å². The predicted molar refractivity (Wildman–Crippen MR) is 126 cm³/mol. The molecule has 8 heteroatoms. The Balaban J connectivity index is 1.49. The van der Waals surface area contributed by atoms with Gasteiger partial charge in [0.25, 0.3) is 15.9 Å². The summed E-state index contributed by atoms with van der Waals surface area (Å²) in [5.74, 6) is -0.446. The summed E-state index contributed by atoms with van der Waals surface area (Å²) < 4.78 is 28.2. The van der Waals surface area contributed by atoms with Crippen molar-refractivity contribution in [3.05, 3.63) is 95.1 Å². The van der Waals surface area contributed by atoms with E-state index in [0.29, 0.717) is 29.9 Å². The summed E-state index contributed by atoms with van der Waals surface area (Å²) in [7, 11) is -3.94. The fraction of sp³-hybridized carbons (Fsp3) is 0.0833. The molecular formula is C24H18ClN3O3S. The number of amides is 1. The van der Waals surface area contributed by atoms with Gasteiger partial charge in [0.15, 0.2) is 0 Å². The fourth-order valence-corrected chi connectivity index (χ4v) is 5.92. The molecule has 1 aromatic heterocycles. The smallest absolute Gasteiger partial charge is 0.265 e. The second-order valence-electron chi connectivity index (χ2n) is 7.44. The lowest BCUT2D eigenvalue weighted by Crippen LogP contribution is -2.29. The molecule has 2 heterocycles. The van der Waals surface area contributed by atoms with Crippen molar-refractivity contribution in [2.75, 3.05) is 16.2 Å². The number of aromatic nitrogens is 1. The first kappa shape index (κ1) is 20.5. The lowest BCUT2D eigenvalue weighted by molar-refractivity contribution is 0.102. The molecule has 1 aliphatic rings. The summed E-state index contributed by atoms with van der Waals surface area (Å²) in [6.07, 6.45) is 2.28. The van der Waals surface area contributed by atoms with E-state index in [0.717, 1.165) is 10.9 Å². The zero-order valence-corrected chi connectivity index (χ0v) is 18.4. The van der Waals surface area contributed by atoms with Crippen molar-refractivity contribution in [1.82, 2.24) is 4.98 Å². The molecule has 32 heavy (non-hydrogen) atoms. The number of pyridine rings is 1. The van der Waals surface area contributed by atoms with Crippen LogP contribution < -0.4 is 9.62 Å². The third kappa shape index (κ3) is 3.49. The Kier molecular flexibility index (Phi) is 5.07. The summed E-state index contributed by atoms with van der Waals surface area (Å²) in [4.78, 5) is 17.2. The first-order chi connectivity index (χ1) is 15.4. The largest absolute Gasteiger partial charge is 0.320 e. The van der Waals surface area contributed by atoms with E-state index in [4.69, 9.17) is 11.6 Å². The van der Waals surface area contributed by atoms with Crippen LogP contribution in [0.4, 0.5) is 11.4 Å². The molecular weight excluding hydrogens is 446 g/mol. The van der Waals surface area contributed by atoms with E-state index < -0.39 is 15.9 Å². The molecule has 0 bridgehead atoms. The van der Waals surface area contributed by atoms with Crippen LogP contribution in [-0.4, -0.2) is 25.9 Å². The molecule has 5 rings (SSSR count). The van der Waals surface area contributed by atoms with Crippen molar-refractivity contribution >= 4 is 49.8 Å². The van der Waals surface area contributed by atoms with E-state index in [2.05, 4.69) is 10.3 Å². The SMILES string of the molecule is O=C(Nc1cccc2cccnc12)c1ccc(Cl)c(S(=O)(=O)N2CCc3ccccc32)c1. The number of hydrogen-bond acceptors (Lipinski definition) is 4. The maximum atomic E-state index is 13.4. The highest BCUT2D eigenvalue weighted by molar-refractivity contribution is 7.93. The lowest BCUT2D eigenvalue weighted by atomic mass is 10.1. The van der Waals surface area contributed by atoms with E-state index in [1.165, 1.54) is 22.5 Å². The maximum Gasteiger partial charge on any atom is 0.265 e. The monoisotopic (exact) mass is 463 g/mol. The van der Waals surface area contributed by atoms with Gasteiger partial charge in [-0.3, -0.25) is 14.1 Å². The predicted octanol–water partition coefficient (Wildman–Crippen LogP) is 4.89.